The molecule has 1 aliphatic heterocycles. The first-order valence-electron chi connectivity index (χ1n) is 7.81. The number of thiophene rings is 1. The van der Waals surface area contributed by atoms with Gasteiger partial charge in [-0.3, -0.25) is 4.99 Å². The van der Waals surface area contributed by atoms with E-state index in [4.69, 9.17) is 9.73 Å². The zero-order chi connectivity index (χ0) is 15.1. The summed E-state index contributed by atoms with van der Waals surface area (Å²) in [4.78, 5) is 4.69. The fourth-order valence-electron chi connectivity index (χ4n) is 2.47. The number of ether oxygens (including phenoxy) is 1. The van der Waals surface area contributed by atoms with Crippen molar-refractivity contribution in [1.29, 1.82) is 0 Å². The molecule has 4 nitrogen and oxygen atoms in total. The van der Waals surface area contributed by atoms with Crippen LogP contribution in [0.15, 0.2) is 21.8 Å². The molecule has 1 aliphatic rings. The van der Waals surface area contributed by atoms with Crippen LogP contribution >= 0.6 is 35.3 Å². The van der Waals surface area contributed by atoms with Crippen molar-refractivity contribution in [2.45, 2.75) is 45.1 Å². The number of nitrogens with one attached hydrogen (secondary N) is 2. The summed E-state index contributed by atoms with van der Waals surface area (Å²) in [5, 5.41) is 11.1. The summed E-state index contributed by atoms with van der Waals surface area (Å²) in [5.41, 5.74) is 1.30. The van der Waals surface area contributed by atoms with Gasteiger partial charge in [0.25, 0.3) is 0 Å². The standard InChI is InChI=1S/C16H27N3OS.HI/c1-4-17-15(19-12-16(3)7-5-8-20-16)18-10-13(2)14-6-9-21-11-14;/h6,9,11,13H,4-5,7-8,10,12H2,1-3H3,(H2,17,18,19);1H. The zero-order valence-electron chi connectivity index (χ0n) is 13.7. The Balaban J connectivity index is 0.00000242. The molecule has 1 fully saturated rings. The third-order valence-corrected chi connectivity index (χ3v) is 4.61. The zero-order valence-corrected chi connectivity index (χ0v) is 16.9. The van der Waals surface area contributed by atoms with E-state index in [1.807, 2.05) is 0 Å². The van der Waals surface area contributed by atoms with Crippen molar-refractivity contribution in [2.24, 2.45) is 4.99 Å². The first kappa shape index (κ1) is 19.7. The van der Waals surface area contributed by atoms with Crippen molar-refractivity contribution >= 4 is 41.3 Å². The fourth-order valence-corrected chi connectivity index (χ4v) is 3.25. The van der Waals surface area contributed by atoms with Crippen molar-refractivity contribution in [3.63, 3.8) is 0 Å². The van der Waals surface area contributed by atoms with Crippen LogP contribution < -0.4 is 10.6 Å². The topological polar surface area (TPSA) is 45.7 Å². The van der Waals surface area contributed by atoms with Crippen molar-refractivity contribution < 1.29 is 4.74 Å². The highest BCUT2D eigenvalue weighted by molar-refractivity contribution is 14.0. The lowest BCUT2D eigenvalue weighted by Crippen LogP contribution is -2.40. The summed E-state index contributed by atoms with van der Waals surface area (Å²) in [6.45, 7) is 9.82. The number of aliphatic imine (C=N–C) groups is 1. The molecule has 1 saturated heterocycles. The quantitative estimate of drug-likeness (QED) is 0.406. The average Bonchev–Trinajstić information content (AvgIpc) is 3.13. The van der Waals surface area contributed by atoms with E-state index in [-0.39, 0.29) is 29.6 Å². The first-order chi connectivity index (χ1) is 10.1. The molecule has 0 spiro atoms. The summed E-state index contributed by atoms with van der Waals surface area (Å²) in [6.07, 6.45) is 2.24. The second-order valence-corrected chi connectivity index (χ2v) is 6.72. The number of hydrogen-bond donors (Lipinski definition) is 2. The molecular weight excluding hydrogens is 409 g/mol. The summed E-state index contributed by atoms with van der Waals surface area (Å²) in [6, 6.07) is 2.19. The molecule has 2 heterocycles. The predicted octanol–water partition coefficient (Wildman–Crippen LogP) is 3.59. The van der Waals surface area contributed by atoms with Gasteiger partial charge < -0.3 is 15.4 Å². The molecule has 0 aromatic carbocycles. The normalized spacial score (nSPS) is 23.0. The van der Waals surface area contributed by atoms with Crippen LogP contribution in [-0.2, 0) is 4.74 Å². The largest absolute Gasteiger partial charge is 0.373 e. The van der Waals surface area contributed by atoms with Crippen molar-refractivity contribution in [3.8, 4) is 0 Å². The minimum atomic E-state index is -0.0820. The van der Waals surface area contributed by atoms with Gasteiger partial charge >= 0.3 is 0 Å². The Morgan fingerprint density at radius 3 is 2.91 bits per heavy atom. The maximum Gasteiger partial charge on any atom is 0.191 e. The molecule has 6 heteroatoms. The van der Waals surface area contributed by atoms with E-state index in [0.29, 0.717) is 5.92 Å². The molecule has 22 heavy (non-hydrogen) atoms. The van der Waals surface area contributed by atoms with Crippen molar-refractivity contribution in [2.75, 3.05) is 26.2 Å². The molecule has 2 unspecified atom stereocenters. The molecule has 126 valence electrons. The van der Waals surface area contributed by atoms with Gasteiger partial charge in [-0.15, -0.1) is 24.0 Å². The van der Waals surface area contributed by atoms with Crippen LogP contribution in [0, 0.1) is 0 Å². The molecule has 0 radical (unpaired) electrons. The molecular formula is C16H28IN3OS. The SMILES string of the molecule is CCNC(=NCC1(C)CCCO1)NCC(C)c1ccsc1.I. The number of nitrogens with zero attached hydrogens (tertiary/aromatic N) is 1. The second-order valence-electron chi connectivity index (χ2n) is 5.94. The second kappa shape index (κ2) is 9.72. The smallest absolute Gasteiger partial charge is 0.191 e. The van der Waals surface area contributed by atoms with Crippen LogP contribution in [0.1, 0.15) is 45.1 Å². The van der Waals surface area contributed by atoms with Gasteiger partial charge in [0.05, 0.1) is 12.1 Å². The lowest BCUT2D eigenvalue weighted by Gasteiger charge is -2.22. The number of halogens is 1. The third kappa shape index (κ3) is 6.04. The number of hydrogen-bond acceptors (Lipinski definition) is 3. The number of rotatable bonds is 6. The highest BCUT2D eigenvalue weighted by atomic mass is 127. The predicted molar refractivity (Wildman–Crippen MR) is 106 cm³/mol. The maximum atomic E-state index is 5.79. The molecule has 2 rings (SSSR count). The van der Waals surface area contributed by atoms with Gasteiger partial charge in [0.15, 0.2) is 5.96 Å². The minimum Gasteiger partial charge on any atom is -0.373 e. The van der Waals surface area contributed by atoms with Crippen LogP contribution in [0.3, 0.4) is 0 Å². The van der Waals surface area contributed by atoms with Crippen LogP contribution in [0.25, 0.3) is 0 Å². The van der Waals surface area contributed by atoms with Gasteiger partial charge in [0.1, 0.15) is 0 Å². The summed E-state index contributed by atoms with van der Waals surface area (Å²) in [7, 11) is 0. The van der Waals surface area contributed by atoms with Gasteiger partial charge in [-0.1, -0.05) is 6.92 Å². The summed E-state index contributed by atoms with van der Waals surface area (Å²) < 4.78 is 5.79. The van der Waals surface area contributed by atoms with Gasteiger partial charge in [-0.2, -0.15) is 11.3 Å². The molecule has 1 aromatic rings. The van der Waals surface area contributed by atoms with E-state index < -0.39 is 0 Å². The van der Waals surface area contributed by atoms with Crippen molar-refractivity contribution in [1.82, 2.24) is 10.6 Å². The van der Waals surface area contributed by atoms with Crippen LogP contribution in [-0.4, -0.2) is 37.8 Å². The van der Waals surface area contributed by atoms with Gasteiger partial charge in [0, 0.05) is 19.7 Å². The minimum absolute atomic E-state index is 0. The summed E-state index contributed by atoms with van der Waals surface area (Å²) >= 11 is 1.75. The Labute approximate surface area is 155 Å². The molecule has 0 saturated carbocycles. The van der Waals surface area contributed by atoms with E-state index in [1.54, 1.807) is 11.3 Å². The van der Waals surface area contributed by atoms with E-state index in [1.165, 1.54) is 5.56 Å². The van der Waals surface area contributed by atoms with E-state index >= 15 is 0 Å². The fraction of sp³-hybridized carbons (Fsp3) is 0.688. The molecule has 2 N–H and O–H groups in total. The van der Waals surface area contributed by atoms with Crippen molar-refractivity contribution in [3.05, 3.63) is 22.4 Å². The Morgan fingerprint density at radius 1 is 1.50 bits per heavy atom. The number of guanidine groups is 1. The lowest BCUT2D eigenvalue weighted by atomic mass is 10.0. The Morgan fingerprint density at radius 2 is 2.32 bits per heavy atom. The van der Waals surface area contributed by atoms with E-state index in [0.717, 1.165) is 45.0 Å². The Bertz CT molecular complexity index is 444. The molecule has 2 atom stereocenters. The third-order valence-electron chi connectivity index (χ3n) is 3.90. The van der Waals surface area contributed by atoms with Gasteiger partial charge in [-0.25, -0.2) is 0 Å². The van der Waals surface area contributed by atoms with Gasteiger partial charge in [-0.05, 0) is 55.0 Å². The maximum absolute atomic E-state index is 5.79. The summed E-state index contributed by atoms with van der Waals surface area (Å²) in [5.74, 6) is 1.37. The van der Waals surface area contributed by atoms with Crippen LogP contribution in [0.2, 0.25) is 0 Å². The highest BCUT2D eigenvalue weighted by Crippen LogP contribution is 2.25. The molecule has 1 aromatic heterocycles. The molecule has 0 bridgehead atoms. The average molecular weight is 437 g/mol. The molecule has 0 amide bonds. The van der Waals surface area contributed by atoms with Gasteiger partial charge in [0.2, 0.25) is 0 Å². The Kier molecular flexibility index (Phi) is 8.71. The van der Waals surface area contributed by atoms with E-state index in [9.17, 15) is 0 Å². The van der Waals surface area contributed by atoms with Crippen LogP contribution in [0.4, 0.5) is 0 Å². The van der Waals surface area contributed by atoms with Crippen LogP contribution in [0.5, 0.6) is 0 Å². The Hall–Kier alpha value is -0.340. The molecule has 0 aliphatic carbocycles. The first-order valence-corrected chi connectivity index (χ1v) is 8.75. The lowest BCUT2D eigenvalue weighted by molar-refractivity contribution is 0.0283. The monoisotopic (exact) mass is 437 g/mol. The van der Waals surface area contributed by atoms with E-state index in [2.05, 4.69) is 48.2 Å². The highest BCUT2D eigenvalue weighted by Gasteiger charge is 2.29.